The maximum absolute atomic E-state index is 12.9. The van der Waals surface area contributed by atoms with E-state index >= 15 is 0 Å². The number of nitrogens with two attached hydrogens (primary N) is 1. The molecular formula is C24H16F6N6. The van der Waals surface area contributed by atoms with Gasteiger partial charge in [-0.2, -0.15) is 31.4 Å². The van der Waals surface area contributed by atoms with Crippen molar-refractivity contribution in [1.82, 2.24) is 20.2 Å². The summed E-state index contributed by atoms with van der Waals surface area (Å²) in [7, 11) is 0. The minimum atomic E-state index is -4.76. The second-order valence-corrected chi connectivity index (χ2v) is 7.57. The average molecular weight is 502 g/mol. The van der Waals surface area contributed by atoms with Crippen molar-refractivity contribution in [2.45, 2.75) is 12.4 Å². The van der Waals surface area contributed by atoms with Gasteiger partial charge in [0, 0.05) is 11.1 Å². The summed E-state index contributed by atoms with van der Waals surface area (Å²) in [6.07, 6.45) is -8.83. The first-order chi connectivity index (χ1) is 16.9. The van der Waals surface area contributed by atoms with E-state index in [-0.39, 0.29) is 17.1 Å². The molecule has 0 aliphatic carbocycles. The second kappa shape index (κ2) is 9.29. The van der Waals surface area contributed by atoms with Gasteiger partial charge in [-0.3, -0.25) is 10.5 Å². The third-order valence-electron chi connectivity index (χ3n) is 5.00. The van der Waals surface area contributed by atoms with E-state index in [1.165, 1.54) is 12.1 Å². The van der Waals surface area contributed by atoms with Crippen LogP contribution in [0.15, 0.2) is 78.5 Å². The summed E-state index contributed by atoms with van der Waals surface area (Å²) in [5.74, 6) is 0. The molecule has 1 aromatic carbocycles. The minimum absolute atomic E-state index is 0.00998. The Balaban J connectivity index is 1.64. The zero-order valence-electron chi connectivity index (χ0n) is 18.1. The molecule has 4 N–H and O–H groups in total. The van der Waals surface area contributed by atoms with E-state index in [1.54, 1.807) is 48.5 Å². The topological polar surface area (TPSA) is 104 Å². The summed E-state index contributed by atoms with van der Waals surface area (Å²) < 4.78 is 76.7. The fraction of sp³-hybridized carbons (Fsp3) is 0.0833. The summed E-state index contributed by atoms with van der Waals surface area (Å²) in [4.78, 5) is 8.68. The average Bonchev–Trinajstić information content (AvgIpc) is 3.35. The van der Waals surface area contributed by atoms with Gasteiger partial charge in [-0.15, -0.1) is 0 Å². The summed E-state index contributed by atoms with van der Waals surface area (Å²) in [5, 5.41) is 13.6. The highest BCUT2D eigenvalue weighted by molar-refractivity contribution is 6.05. The van der Waals surface area contributed by atoms with Gasteiger partial charge in [-0.1, -0.05) is 30.3 Å². The molecule has 3 heterocycles. The highest BCUT2D eigenvalue weighted by Gasteiger charge is 2.33. The number of hydrogen-bond donors (Lipinski definition) is 3. The Morgan fingerprint density at radius 2 is 1.36 bits per heavy atom. The number of nitrogens with one attached hydrogen (secondary N) is 2. The Morgan fingerprint density at radius 3 is 1.97 bits per heavy atom. The fourth-order valence-electron chi connectivity index (χ4n) is 3.23. The van der Waals surface area contributed by atoms with E-state index in [0.717, 1.165) is 6.07 Å². The number of rotatable bonds is 5. The number of halogens is 6. The molecule has 0 bridgehead atoms. The van der Waals surface area contributed by atoms with Crippen LogP contribution in [0, 0.1) is 5.41 Å². The van der Waals surface area contributed by atoms with Crippen LogP contribution in [0.1, 0.15) is 11.4 Å². The van der Waals surface area contributed by atoms with Crippen LogP contribution in [0.5, 0.6) is 0 Å². The van der Waals surface area contributed by atoms with Crippen LogP contribution in [0.3, 0.4) is 0 Å². The Bertz CT molecular complexity index is 1450. The van der Waals surface area contributed by atoms with Crippen molar-refractivity contribution in [3.05, 3.63) is 89.9 Å². The number of pyridine rings is 2. The molecule has 184 valence electrons. The molecule has 6 nitrogen and oxygen atoms in total. The third-order valence-corrected chi connectivity index (χ3v) is 5.00. The largest absolute Gasteiger partial charge is 0.432 e. The maximum Gasteiger partial charge on any atom is 0.432 e. The van der Waals surface area contributed by atoms with Crippen LogP contribution in [-0.2, 0) is 6.18 Å². The van der Waals surface area contributed by atoms with Gasteiger partial charge in [0.25, 0.3) is 0 Å². The monoisotopic (exact) mass is 502 g/mol. The van der Waals surface area contributed by atoms with E-state index in [4.69, 9.17) is 11.1 Å². The van der Waals surface area contributed by atoms with Crippen molar-refractivity contribution in [2.24, 2.45) is 5.73 Å². The second-order valence-electron chi connectivity index (χ2n) is 7.57. The molecule has 0 aliphatic heterocycles. The van der Waals surface area contributed by atoms with Crippen molar-refractivity contribution in [1.29, 1.82) is 5.41 Å². The zero-order chi connectivity index (χ0) is 26.1. The van der Waals surface area contributed by atoms with Gasteiger partial charge in [-0.25, -0.2) is 9.97 Å². The molecular weight excluding hydrogens is 486 g/mol. The molecule has 3 aromatic heterocycles. The number of benzene rings is 1. The molecule has 12 heteroatoms. The predicted octanol–water partition coefficient (Wildman–Crippen LogP) is 5.99. The molecule has 4 aromatic rings. The quantitative estimate of drug-likeness (QED) is 0.230. The predicted molar refractivity (Wildman–Crippen MR) is 121 cm³/mol. The van der Waals surface area contributed by atoms with E-state index in [9.17, 15) is 26.3 Å². The molecule has 36 heavy (non-hydrogen) atoms. The number of aromatic nitrogens is 4. The highest BCUT2D eigenvalue weighted by atomic mass is 19.4. The third kappa shape index (κ3) is 5.43. The Morgan fingerprint density at radius 1 is 0.778 bits per heavy atom. The number of nitrogens with zero attached hydrogens (tertiary/aromatic N) is 3. The SMILES string of the molecule is N=C(C=C(N)C(F)(F)F)c1cccc(-c2cccc(-c3cccc(-c4cc(C(F)(F)F)[nH]n4)n3)c2)n1. The van der Waals surface area contributed by atoms with Gasteiger partial charge in [-0.05, 0) is 42.5 Å². The lowest BCUT2D eigenvalue weighted by Crippen LogP contribution is -2.20. The van der Waals surface area contributed by atoms with Crippen LogP contribution in [0.4, 0.5) is 26.3 Å². The first-order valence-electron chi connectivity index (χ1n) is 10.2. The van der Waals surface area contributed by atoms with Gasteiger partial charge < -0.3 is 5.73 Å². The van der Waals surface area contributed by atoms with Crippen molar-refractivity contribution in [3.63, 3.8) is 0 Å². The van der Waals surface area contributed by atoms with Crippen LogP contribution >= 0.6 is 0 Å². The van der Waals surface area contributed by atoms with Crippen molar-refractivity contribution in [2.75, 3.05) is 0 Å². The van der Waals surface area contributed by atoms with Crippen LogP contribution < -0.4 is 5.73 Å². The summed E-state index contributed by atoms with van der Waals surface area (Å²) >= 11 is 0. The molecule has 0 spiro atoms. The van der Waals surface area contributed by atoms with E-state index in [1.807, 2.05) is 5.10 Å². The molecule has 0 saturated carbocycles. The summed E-state index contributed by atoms with van der Waals surface area (Å²) in [5.41, 5.74) is 4.38. The molecule has 0 radical (unpaired) electrons. The van der Waals surface area contributed by atoms with E-state index < -0.39 is 29.5 Å². The van der Waals surface area contributed by atoms with E-state index in [2.05, 4.69) is 15.1 Å². The Kier molecular flexibility index (Phi) is 6.35. The lowest BCUT2D eigenvalue weighted by atomic mass is 10.0. The lowest BCUT2D eigenvalue weighted by Gasteiger charge is -2.09. The smallest absolute Gasteiger partial charge is 0.395 e. The number of H-pyrrole nitrogens is 1. The molecule has 0 amide bonds. The van der Waals surface area contributed by atoms with Crippen molar-refractivity contribution < 1.29 is 26.3 Å². The van der Waals surface area contributed by atoms with E-state index in [0.29, 0.717) is 28.6 Å². The standard InChI is InChI=1S/C24H16F6N6/c25-23(26,27)21(32)11-15(31)18-8-2-6-16(33-18)13-4-1-5-14(10-13)17-7-3-9-19(34-17)20-12-22(36-35-20)24(28,29)30/h1-12,31H,32H2,(H,35,36). The number of allylic oxidation sites excluding steroid dienone is 2. The maximum atomic E-state index is 12.9. The zero-order valence-corrected chi connectivity index (χ0v) is 18.1. The Labute approximate surface area is 200 Å². The minimum Gasteiger partial charge on any atom is -0.395 e. The van der Waals surface area contributed by atoms with Gasteiger partial charge in [0.15, 0.2) is 0 Å². The van der Waals surface area contributed by atoms with Gasteiger partial charge >= 0.3 is 12.4 Å². The molecule has 0 unspecified atom stereocenters. The van der Waals surface area contributed by atoms with Crippen molar-refractivity contribution >= 4 is 5.71 Å². The van der Waals surface area contributed by atoms with Crippen LogP contribution in [0.25, 0.3) is 33.9 Å². The highest BCUT2D eigenvalue weighted by Crippen LogP contribution is 2.31. The molecule has 0 fully saturated rings. The van der Waals surface area contributed by atoms with Gasteiger partial charge in [0.2, 0.25) is 0 Å². The first-order valence-corrected chi connectivity index (χ1v) is 10.2. The summed E-state index contributed by atoms with van der Waals surface area (Å²) in [6.45, 7) is 0. The fourth-order valence-corrected chi connectivity index (χ4v) is 3.23. The first kappa shape index (κ1) is 24.6. The molecule has 0 aliphatic rings. The normalized spacial score (nSPS) is 12.6. The molecule has 0 atom stereocenters. The van der Waals surface area contributed by atoms with Crippen LogP contribution in [-0.4, -0.2) is 32.1 Å². The summed E-state index contributed by atoms with van der Waals surface area (Å²) in [6, 6.07) is 17.1. The van der Waals surface area contributed by atoms with Crippen molar-refractivity contribution in [3.8, 4) is 33.9 Å². The molecule has 0 saturated heterocycles. The number of alkyl halides is 6. The lowest BCUT2D eigenvalue weighted by molar-refractivity contribution is -0.141. The number of hydrogen-bond acceptors (Lipinski definition) is 5. The van der Waals surface area contributed by atoms with Crippen LogP contribution in [0.2, 0.25) is 0 Å². The molecule has 4 rings (SSSR count). The van der Waals surface area contributed by atoms with Gasteiger partial charge in [0.05, 0.1) is 28.5 Å². The number of aromatic amines is 1. The van der Waals surface area contributed by atoms with Gasteiger partial charge in [0.1, 0.15) is 17.1 Å². The Hall–Kier alpha value is -4.48.